The minimum atomic E-state index is 0.854. The summed E-state index contributed by atoms with van der Waals surface area (Å²) >= 11 is 2.61. The maximum atomic E-state index is 2.61. The first kappa shape index (κ1) is 14.5. The van der Waals surface area contributed by atoms with Crippen LogP contribution in [0.3, 0.4) is 0 Å². The fourth-order valence-electron chi connectivity index (χ4n) is 2.66. The summed E-state index contributed by atoms with van der Waals surface area (Å²) in [5.74, 6) is 1.74. The van der Waals surface area contributed by atoms with Crippen molar-refractivity contribution < 1.29 is 0 Å². The highest BCUT2D eigenvalue weighted by Gasteiger charge is 2.17. The highest BCUT2D eigenvalue weighted by Crippen LogP contribution is 2.30. The average Bonchev–Trinajstić information content (AvgIpc) is 2.29. The zero-order valence-electron chi connectivity index (χ0n) is 10.9. The lowest BCUT2D eigenvalue weighted by atomic mass is 9.87. The van der Waals surface area contributed by atoms with Crippen LogP contribution in [0.15, 0.2) is 12.2 Å². The van der Waals surface area contributed by atoms with Crippen molar-refractivity contribution in [3.63, 3.8) is 0 Å². The Morgan fingerprint density at radius 3 is 2.12 bits per heavy atom. The van der Waals surface area contributed by atoms with Crippen LogP contribution in [0.25, 0.3) is 0 Å². The summed E-state index contributed by atoms with van der Waals surface area (Å²) in [4.78, 5) is 0. The van der Waals surface area contributed by atoms with Crippen LogP contribution in [0.1, 0.15) is 65.2 Å². The maximum Gasteiger partial charge on any atom is 0.0110 e. The highest BCUT2D eigenvalue weighted by molar-refractivity contribution is 14.1. The van der Waals surface area contributed by atoms with Crippen molar-refractivity contribution in [3.05, 3.63) is 12.2 Å². The summed E-state index contributed by atoms with van der Waals surface area (Å²) in [5.41, 5.74) is 0. The first-order valence-electron chi connectivity index (χ1n) is 7.08. The van der Waals surface area contributed by atoms with Gasteiger partial charge in [0.05, 0.1) is 0 Å². The predicted molar refractivity (Wildman–Crippen MR) is 82.2 cm³/mol. The van der Waals surface area contributed by atoms with E-state index in [1.807, 2.05) is 0 Å². The van der Waals surface area contributed by atoms with Gasteiger partial charge in [-0.25, -0.2) is 0 Å². The lowest BCUT2D eigenvalue weighted by Gasteiger charge is -2.23. The number of rotatable bonds is 6. The van der Waals surface area contributed by atoms with Crippen LogP contribution >= 0.6 is 22.6 Å². The second kappa shape index (κ2) is 8.54. The molecule has 16 heavy (non-hydrogen) atoms. The van der Waals surface area contributed by atoms with E-state index in [4.69, 9.17) is 0 Å². The van der Waals surface area contributed by atoms with Gasteiger partial charge in [0.2, 0.25) is 0 Å². The van der Waals surface area contributed by atoms with E-state index in [1.165, 1.54) is 51.4 Å². The molecule has 0 radical (unpaired) electrons. The van der Waals surface area contributed by atoms with E-state index in [0.717, 1.165) is 15.8 Å². The quantitative estimate of drug-likeness (QED) is 0.329. The second-order valence-corrected chi connectivity index (χ2v) is 7.00. The molecule has 1 heteroatoms. The molecule has 0 bridgehead atoms. The maximum absolute atomic E-state index is 2.61. The molecule has 94 valence electrons. The van der Waals surface area contributed by atoms with Crippen molar-refractivity contribution in [2.24, 2.45) is 11.8 Å². The van der Waals surface area contributed by atoms with Crippen LogP contribution in [-0.4, -0.2) is 3.92 Å². The SMILES string of the molecule is CCCC(/C=C/C1CCC(I)CC1)CCC. The fraction of sp³-hybridized carbons (Fsp3) is 0.867. The molecular formula is C15H27I. The summed E-state index contributed by atoms with van der Waals surface area (Å²) in [6.45, 7) is 4.61. The van der Waals surface area contributed by atoms with Crippen molar-refractivity contribution >= 4 is 22.6 Å². The van der Waals surface area contributed by atoms with Gasteiger partial charge in [-0.15, -0.1) is 0 Å². The number of hydrogen-bond acceptors (Lipinski definition) is 0. The Hall–Kier alpha value is 0.470. The van der Waals surface area contributed by atoms with E-state index < -0.39 is 0 Å². The second-order valence-electron chi connectivity index (χ2n) is 5.23. The molecule has 0 N–H and O–H groups in total. The van der Waals surface area contributed by atoms with Gasteiger partial charge in [0, 0.05) is 3.92 Å². The lowest BCUT2D eigenvalue weighted by molar-refractivity contribution is 0.432. The van der Waals surface area contributed by atoms with Gasteiger partial charge >= 0.3 is 0 Å². The van der Waals surface area contributed by atoms with Gasteiger partial charge in [0.1, 0.15) is 0 Å². The van der Waals surface area contributed by atoms with Crippen LogP contribution in [0, 0.1) is 11.8 Å². The molecule has 0 unspecified atom stereocenters. The first-order valence-corrected chi connectivity index (χ1v) is 8.33. The van der Waals surface area contributed by atoms with Crippen LogP contribution in [0.5, 0.6) is 0 Å². The number of hydrogen-bond donors (Lipinski definition) is 0. The Morgan fingerprint density at radius 2 is 1.62 bits per heavy atom. The van der Waals surface area contributed by atoms with E-state index >= 15 is 0 Å². The third kappa shape index (κ3) is 5.70. The number of halogens is 1. The molecule has 0 aromatic rings. The molecule has 0 heterocycles. The number of allylic oxidation sites excluding steroid dienone is 2. The Balaban J connectivity index is 2.31. The minimum absolute atomic E-state index is 0.854. The fourth-order valence-corrected chi connectivity index (χ4v) is 3.38. The molecule has 0 atom stereocenters. The zero-order chi connectivity index (χ0) is 11.8. The molecule has 1 aliphatic carbocycles. The summed E-state index contributed by atoms with van der Waals surface area (Å²) in [6, 6.07) is 0. The Kier molecular flexibility index (Phi) is 7.76. The minimum Gasteiger partial charge on any atom is -0.0851 e. The molecule has 1 fully saturated rings. The van der Waals surface area contributed by atoms with E-state index in [-0.39, 0.29) is 0 Å². The summed E-state index contributed by atoms with van der Waals surface area (Å²) < 4.78 is 0.948. The summed E-state index contributed by atoms with van der Waals surface area (Å²) in [6.07, 6.45) is 16.2. The van der Waals surface area contributed by atoms with Gasteiger partial charge in [-0.05, 0) is 50.4 Å². The van der Waals surface area contributed by atoms with Crippen molar-refractivity contribution in [1.29, 1.82) is 0 Å². The van der Waals surface area contributed by atoms with Crippen molar-refractivity contribution in [2.45, 2.75) is 69.1 Å². The van der Waals surface area contributed by atoms with Gasteiger partial charge in [0.25, 0.3) is 0 Å². The van der Waals surface area contributed by atoms with E-state index in [1.54, 1.807) is 0 Å². The molecule has 0 saturated heterocycles. The van der Waals surface area contributed by atoms with Crippen LogP contribution in [0.2, 0.25) is 0 Å². The molecule has 0 aromatic carbocycles. The predicted octanol–water partition coefficient (Wildman–Crippen LogP) is 5.75. The van der Waals surface area contributed by atoms with Crippen LogP contribution in [-0.2, 0) is 0 Å². The molecule has 0 aliphatic heterocycles. The molecule has 0 spiro atoms. The van der Waals surface area contributed by atoms with Crippen molar-refractivity contribution in [1.82, 2.24) is 0 Å². The molecule has 0 amide bonds. The van der Waals surface area contributed by atoms with E-state index in [0.29, 0.717) is 0 Å². The molecular weight excluding hydrogens is 307 g/mol. The molecule has 0 nitrogen and oxygen atoms in total. The molecule has 1 rings (SSSR count). The van der Waals surface area contributed by atoms with Crippen LogP contribution in [0.4, 0.5) is 0 Å². The average molecular weight is 334 g/mol. The van der Waals surface area contributed by atoms with Gasteiger partial charge < -0.3 is 0 Å². The monoisotopic (exact) mass is 334 g/mol. The third-order valence-corrected chi connectivity index (χ3v) is 4.92. The molecule has 1 aliphatic rings. The standard InChI is InChI=1S/C15H27I/c1-3-5-13(6-4-2)7-8-14-9-11-15(16)12-10-14/h7-8,13-15H,3-6,9-12H2,1-2H3/b8-7+. The van der Waals surface area contributed by atoms with E-state index in [2.05, 4.69) is 48.6 Å². The highest BCUT2D eigenvalue weighted by atomic mass is 127. The Bertz CT molecular complexity index is 184. The van der Waals surface area contributed by atoms with Crippen molar-refractivity contribution in [3.8, 4) is 0 Å². The number of alkyl halides is 1. The molecule has 0 aromatic heterocycles. The Labute approximate surface area is 115 Å². The topological polar surface area (TPSA) is 0 Å². The molecule has 1 saturated carbocycles. The van der Waals surface area contributed by atoms with Crippen molar-refractivity contribution in [2.75, 3.05) is 0 Å². The van der Waals surface area contributed by atoms with Gasteiger partial charge in [-0.3, -0.25) is 0 Å². The zero-order valence-corrected chi connectivity index (χ0v) is 13.1. The first-order chi connectivity index (χ1) is 7.76. The van der Waals surface area contributed by atoms with Gasteiger partial charge in [-0.1, -0.05) is 61.4 Å². The van der Waals surface area contributed by atoms with E-state index in [9.17, 15) is 0 Å². The third-order valence-electron chi connectivity index (χ3n) is 3.68. The smallest absolute Gasteiger partial charge is 0.0110 e. The normalized spacial score (nSPS) is 26.8. The largest absolute Gasteiger partial charge is 0.0851 e. The van der Waals surface area contributed by atoms with Crippen LogP contribution < -0.4 is 0 Å². The van der Waals surface area contributed by atoms with Gasteiger partial charge in [-0.2, -0.15) is 0 Å². The Morgan fingerprint density at radius 1 is 1.06 bits per heavy atom. The summed E-state index contributed by atoms with van der Waals surface area (Å²) in [5, 5.41) is 0. The lowest BCUT2D eigenvalue weighted by Crippen LogP contribution is -2.12. The van der Waals surface area contributed by atoms with Gasteiger partial charge in [0.15, 0.2) is 0 Å². The summed E-state index contributed by atoms with van der Waals surface area (Å²) in [7, 11) is 0.